The molecule has 1 heterocycles. The van der Waals surface area contributed by atoms with Crippen LogP contribution in [-0.2, 0) is 11.3 Å². The van der Waals surface area contributed by atoms with Crippen molar-refractivity contribution >= 4 is 17.9 Å². The predicted molar refractivity (Wildman–Crippen MR) is 78.9 cm³/mol. The lowest BCUT2D eigenvalue weighted by atomic mass is 10.2. The Hall–Kier alpha value is -2.36. The van der Waals surface area contributed by atoms with Crippen LogP contribution in [0.1, 0.15) is 23.8 Å². The second-order valence-corrected chi connectivity index (χ2v) is 4.47. The first kappa shape index (κ1) is 14.1. The van der Waals surface area contributed by atoms with Crippen molar-refractivity contribution in [3.05, 3.63) is 54.4 Å². The number of para-hydroxylation sites is 1. The molecule has 0 aliphatic rings. The molecule has 0 saturated heterocycles. The molecule has 0 radical (unpaired) electrons. The van der Waals surface area contributed by atoms with Gasteiger partial charge in [-0.2, -0.15) is 0 Å². The van der Waals surface area contributed by atoms with Crippen LogP contribution in [0.3, 0.4) is 0 Å². The molecule has 0 spiro atoms. The first-order chi connectivity index (χ1) is 9.76. The molecule has 1 aromatic carbocycles. The molecule has 20 heavy (non-hydrogen) atoms. The van der Waals surface area contributed by atoms with Gasteiger partial charge in [-0.1, -0.05) is 18.2 Å². The van der Waals surface area contributed by atoms with Crippen molar-refractivity contribution in [1.82, 2.24) is 4.57 Å². The smallest absolute Gasteiger partial charge is 0.228 e. The Balaban J connectivity index is 2.02. The van der Waals surface area contributed by atoms with Crippen LogP contribution in [0.4, 0.5) is 5.69 Å². The number of aromatic nitrogens is 1. The van der Waals surface area contributed by atoms with Crippen molar-refractivity contribution in [2.75, 3.05) is 11.4 Å². The molecule has 2 aromatic rings. The van der Waals surface area contributed by atoms with E-state index in [-0.39, 0.29) is 5.91 Å². The molecule has 0 fully saturated rings. The maximum Gasteiger partial charge on any atom is 0.228 e. The molecular formula is C16H18N2O2. The number of nitrogens with zero attached hydrogens (tertiary/aromatic N) is 2. The first-order valence-corrected chi connectivity index (χ1v) is 6.72. The number of carbonyl (C=O) groups is 2. The standard InChI is InChI=1S/C16H18N2O2/c1-2-18(14-7-4-3-5-8-14)16(20)10-12-17-11-6-9-15(17)13-19/h3-9,11,13H,2,10,12H2,1H3. The summed E-state index contributed by atoms with van der Waals surface area (Å²) in [5.41, 5.74) is 1.50. The number of aldehydes is 1. The number of amides is 1. The Bertz CT molecular complexity index is 575. The van der Waals surface area contributed by atoms with Gasteiger partial charge in [0.05, 0.1) is 5.69 Å². The number of aryl methyl sites for hydroxylation is 1. The van der Waals surface area contributed by atoms with Gasteiger partial charge in [-0.15, -0.1) is 0 Å². The van der Waals surface area contributed by atoms with E-state index in [4.69, 9.17) is 0 Å². The van der Waals surface area contributed by atoms with Crippen LogP contribution in [0, 0.1) is 0 Å². The molecule has 0 saturated carbocycles. The second-order valence-electron chi connectivity index (χ2n) is 4.47. The summed E-state index contributed by atoms with van der Waals surface area (Å²) < 4.78 is 1.80. The number of anilines is 1. The van der Waals surface area contributed by atoms with Crippen molar-refractivity contribution in [1.29, 1.82) is 0 Å². The topological polar surface area (TPSA) is 42.3 Å². The number of hydrogen-bond donors (Lipinski definition) is 0. The van der Waals surface area contributed by atoms with Gasteiger partial charge >= 0.3 is 0 Å². The van der Waals surface area contributed by atoms with E-state index in [1.807, 2.05) is 49.5 Å². The summed E-state index contributed by atoms with van der Waals surface area (Å²) in [6.45, 7) is 3.11. The van der Waals surface area contributed by atoms with Gasteiger partial charge in [0, 0.05) is 31.4 Å². The monoisotopic (exact) mass is 270 g/mol. The lowest BCUT2D eigenvalue weighted by molar-refractivity contribution is -0.118. The summed E-state index contributed by atoms with van der Waals surface area (Å²) in [5, 5.41) is 0. The number of rotatable bonds is 6. The third-order valence-corrected chi connectivity index (χ3v) is 3.24. The summed E-state index contributed by atoms with van der Waals surface area (Å²) in [6.07, 6.45) is 2.99. The third-order valence-electron chi connectivity index (χ3n) is 3.24. The summed E-state index contributed by atoms with van der Waals surface area (Å²) in [4.78, 5) is 24.9. The van der Waals surface area contributed by atoms with Crippen molar-refractivity contribution < 1.29 is 9.59 Å². The van der Waals surface area contributed by atoms with Crippen molar-refractivity contribution in [3.8, 4) is 0 Å². The average Bonchev–Trinajstić information content (AvgIpc) is 2.94. The highest BCUT2D eigenvalue weighted by Gasteiger charge is 2.13. The quantitative estimate of drug-likeness (QED) is 0.757. The van der Waals surface area contributed by atoms with E-state index in [9.17, 15) is 9.59 Å². The number of benzene rings is 1. The summed E-state index contributed by atoms with van der Waals surface area (Å²) in [7, 11) is 0. The Labute approximate surface area is 118 Å². The normalized spacial score (nSPS) is 10.2. The predicted octanol–water partition coefficient (Wildman–Crippen LogP) is 2.74. The number of carbonyl (C=O) groups excluding carboxylic acids is 2. The fraction of sp³-hybridized carbons (Fsp3) is 0.250. The Morgan fingerprint density at radius 1 is 1.20 bits per heavy atom. The fourth-order valence-corrected chi connectivity index (χ4v) is 2.20. The maximum atomic E-state index is 12.3. The SMILES string of the molecule is CCN(C(=O)CCn1cccc1C=O)c1ccccc1. The zero-order valence-electron chi connectivity index (χ0n) is 11.5. The molecule has 1 amide bonds. The zero-order valence-corrected chi connectivity index (χ0v) is 11.5. The second kappa shape index (κ2) is 6.70. The van der Waals surface area contributed by atoms with Gasteiger partial charge in [-0.25, -0.2) is 0 Å². The lowest BCUT2D eigenvalue weighted by Gasteiger charge is -2.21. The number of hydrogen-bond acceptors (Lipinski definition) is 2. The molecule has 0 unspecified atom stereocenters. The van der Waals surface area contributed by atoms with Gasteiger partial charge in [0.2, 0.25) is 5.91 Å². The highest BCUT2D eigenvalue weighted by molar-refractivity contribution is 5.93. The minimum Gasteiger partial charge on any atom is -0.345 e. The maximum absolute atomic E-state index is 12.3. The van der Waals surface area contributed by atoms with Gasteiger partial charge in [0.15, 0.2) is 6.29 Å². The van der Waals surface area contributed by atoms with Gasteiger partial charge in [0.25, 0.3) is 0 Å². The van der Waals surface area contributed by atoms with E-state index >= 15 is 0 Å². The fourth-order valence-electron chi connectivity index (χ4n) is 2.20. The van der Waals surface area contributed by atoms with Gasteiger partial charge in [-0.05, 0) is 31.2 Å². The minimum absolute atomic E-state index is 0.0595. The molecule has 104 valence electrons. The largest absolute Gasteiger partial charge is 0.345 e. The Kier molecular flexibility index (Phi) is 4.71. The molecule has 0 aliphatic heterocycles. The minimum atomic E-state index is 0.0595. The highest BCUT2D eigenvalue weighted by atomic mass is 16.2. The highest BCUT2D eigenvalue weighted by Crippen LogP contribution is 2.14. The summed E-state index contributed by atoms with van der Waals surface area (Å²) in [6, 6.07) is 13.2. The molecule has 4 nitrogen and oxygen atoms in total. The van der Waals surface area contributed by atoms with Gasteiger partial charge in [-0.3, -0.25) is 9.59 Å². The van der Waals surface area contributed by atoms with E-state index in [2.05, 4.69) is 0 Å². The van der Waals surface area contributed by atoms with Gasteiger partial charge < -0.3 is 9.47 Å². The van der Waals surface area contributed by atoms with E-state index < -0.39 is 0 Å². The van der Waals surface area contributed by atoms with Crippen molar-refractivity contribution in [2.24, 2.45) is 0 Å². The Morgan fingerprint density at radius 3 is 2.60 bits per heavy atom. The van der Waals surface area contributed by atoms with Crippen LogP contribution in [0.5, 0.6) is 0 Å². The summed E-state index contributed by atoms with van der Waals surface area (Å²) in [5.74, 6) is 0.0595. The van der Waals surface area contributed by atoms with Crippen LogP contribution in [-0.4, -0.2) is 23.3 Å². The molecule has 4 heteroatoms. The van der Waals surface area contributed by atoms with E-state index in [0.29, 0.717) is 25.2 Å². The molecule has 1 aromatic heterocycles. The van der Waals surface area contributed by atoms with E-state index in [1.54, 1.807) is 15.5 Å². The molecule has 0 aliphatic carbocycles. The van der Waals surface area contributed by atoms with E-state index in [0.717, 1.165) is 12.0 Å². The van der Waals surface area contributed by atoms with Crippen molar-refractivity contribution in [3.63, 3.8) is 0 Å². The van der Waals surface area contributed by atoms with Crippen LogP contribution in [0.15, 0.2) is 48.7 Å². The first-order valence-electron chi connectivity index (χ1n) is 6.72. The van der Waals surface area contributed by atoms with Crippen LogP contribution < -0.4 is 4.90 Å². The molecule has 0 atom stereocenters. The van der Waals surface area contributed by atoms with E-state index in [1.165, 1.54) is 0 Å². The van der Waals surface area contributed by atoms with Gasteiger partial charge in [0.1, 0.15) is 0 Å². The summed E-state index contributed by atoms with van der Waals surface area (Å²) >= 11 is 0. The lowest BCUT2D eigenvalue weighted by Crippen LogP contribution is -2.31. The molecule has 0 bridgehead atoms. The third kappa shape index (κ3) is 3.15. The molecule has 2 rings (SSSR count). The van der Waals surface area contributed by atoms with Crippen LogP contribution in [0.2, 0.25) is 0 Å². The zero-order chi connectivity index (χ0) is 14.4. The average molecular weight is 270 g/mol. The Morgan fingerprint density at radius 2 is 1.95 bits per heavy atom. The van der Waals surface area contributed by atoms with Crippen LogP contribution in [0.25, 0.3) is 0 Å². The molecule has 0 N–H and O–H groups in total. The van der Waals surface area contributed by atoms with Crippen molar-refractivity contribution in [2.45, 2.75) is 19.9 Å². The van der Waals surface area contributed by atoms with Crippen LogP contribution >= 0.6 is 0 Å². The molecular weight excluding hydrogens is 252 g/mol.